The van der Waals surface area contributed by atoms with Gasteiger partial charge in [0.2, 0.25) is 0 Å². The number of benzene rings is 1. The van der Waals surface area contributed by atoms with Crippen LogP contribution in [0, 0.1) is 26.6 Å². The number of aryl methyl sites for hydroxylation is 2. The molecule has 1 N–H and O–H groups in total. The van der Waals surface area contributed by atoms with Gasteiger partial charge in [0.15, 0.2) is 0 Å². The van der Waals surface area contributed by atoms with Crippen molar-refractivity contribution in [2.24, 2.45) is 0 Å². The molecule has 0 saturated heterocycles. The molecule has 0 radical (unpaired) electrons. The average molecular weight is 248 g/mol. The minimum Gasteiger partial charge on any atom is -0.466 e. The number of aliphatic hydroxyl groups excluding tert-OH is 1. The van der Waals surface area contributed by atoms with Crippen molar-refractivity contribution in [2.45, 2.75) is 33.3 Å². The summed E-state index contributed by atoms with van der Waals surface area (Å²) in [7, 11) is 0. The molecule has 0 spiro atoms. The van der Waals surface area contributed by atoms with Crippen LogP contribution in [0.5, 0.6) is 0 Å². The van der Waals surface area contributed by atoms with E-state index in [4.69, 9.17) is 4.42 Å². The Bertz CT molecular complexity index is 558. The monoisotopic (exact) mass is 248 g/mol. The molecule has 1 unspecified atom stereocenters. The first-order valence-electron chi connectivity index (χ1n) is 5.98. The van der Waals surface area contributed by atoms with Crippen LogP contribution in [-0.4, -0.2) is 5.11 Å². The van der Waals surface area contributed by atoms with Crippen LogP contribution in [0.4, 0.5) is 4.39 Å². The van der Waals surface area contributed by atoms with Crippen molar-refractivity contribution < 1.29 is 13.9 Å². The minimum atomic E-state index is -0.663. The molecule has 1 heterocycles. The SMILES string of the molecule is Cc1oc(C)c(C(O)Cc2cccc(F)c2)c1C. The summed E-state index contributed by atoms with van der Waals surface area (Å²) in [6, 6.07) is 6.30. The van der Waals surface area contributed by atoms with E-state index in [0.29, 0.717) is 6.42 Å². The van der Waals surface area contributed by atoms with Crippen LogP contribution in [0.25, 0.3) is 0 Å². The molecule has 2 aromatic rings. The molecule has 0 aliphatic rings. The summed E-state index contributed by atoms with van der Waals surface area (Å²) < 4.78 is 18.6. The Morgan fingerprint density at radius 1 is 1.22 bits per heavy atom. The maximum Gasteiger partial charge on any atom is 0.123 e. The Labute approximate surface area is 106 Å². The fourth-order valence-corrected chi connectivity index (χ4v) is 2.29. The number of halogens is 1. The van der Waals surface area contributed by atoms with Crippen LogP contribution in [0.15, 0.2) is 28.7 Å². The third-order valence-electron chi connectivity index (χ3n) is 3.27. The lowest BCUT2D eigenvalue weighted by molar-refractivity contribution is 0.175. The topological polar surface area (TPSA) is 33.4 Å². The number of rotatable bonds is 3. The molecule has 96 valence electrons. The van der Waals surface area contributed by atoms with Crippen molar-refractivity contribution in [1.82, 2.24) is 0 Å². The number of hydrogen-bond donors (Lipinski definition) is 1. The zero-order valence-corrected chi connectivity index (χ0v) is 10.8. The highest BCUT2D eigenvalue weighted by Crippen LogP contribution is 2.29. The van der Waals surface area contributed by atoms with Gasteiger partial charge in [-0.3, -0.25) is 0 Å². The molecule has 0 aliphatic carbocycles. The van der Waals surface area contributed by atoms with E-state index in [9.17, 15) is 9.50 Å². The van der Waals surface area contributed by atoms with Gasteiger partial charge in [-0.2, -0.15) is 0 Å². The Morgan fingerprint density at radius 3 is 2.50 bits per heavy atom. The van der Waals surface area contributed by atoms with Crippen molar-refractivity contribution in [3.05, 3.63) is 58.3 Å². The van der Waals surface area contributed by atoms with Gasteiger partial charge in [0.05, 0.1) is 6.10 Å². The van der Waals surface area contributed by atoms with Crippen LogP contribution in [0.3, 0.4) is 0 Å². The third-order valence-corrected chi connectivity index (χ3v) is 3.27. The third kappa shape index (κ3) is 2.46. The lowest BCUT2D eigenvalue weighted by atomic mass is 9.98. The van der Waals surface area contributed by atoms with Crippen molar-refractivity contribution in [1.29, 1.82) is 0 Å². The zero-order valence-electron chi connectivity index (χ0n) is 10.8. The molecule has 2 rings (SSSR count). The fourth-order valence-electron chi connectivity index (χ4n) is 2.29. The largest absolute Gasteiger partial charge is 0.466 e. The second kappa shape index (κ2) is 4.94. The summed E-state index contributed by atoms with van der Waals surface area (Å²) in [5, 5.41) is 10.3. The average Bonchev–Trinajstić information content (AvgIpc) is 2.53. The normalized spacial score (nSPS) is 12.7. The predicted octanol–water partition coefficient (Wildman–Crippen LogP) is 3.62. The van der Waals surface area contributed by atoms with Crippen LogP contribution < -0.4 is 0 Å². The second-order valence-corrected chi connectivity index (χ2v) is 4.60. The van der Waals surface area contributed by atoms with Gasteiger partial charge >= 0.3 is 0 Å². The van der Waals surface area contributed by atoms with Crippen LogP contribution >= 0.6 is 0 Å². The standard InChI is InChI=1S/C15H17FO2/c1-9-10(2)18-11(3)15(9)14(17)8-12-5-4-6-13(16)7-12/h4-7,14,17H,8H2,1-3H3. The highest BCUT2D eigenvalue weighted by atomic mass is 19.1. The highest BCUT2D eigenvalue weighted by Gasteiger charge is 2.19. The number of aliphatic hydroxyl groups is 1. The molecule has 1 aromatic carbocycles. The van der Waals surface area contributed by atoms with E-state index in [1.807, 2.05) is 26.8 Å². The molecule has 3 heteroatoms. The van der Waals surface area contributed by atoms with Crippen molar-refractivity contribution in [3.63, 3.8) is 0 Å². The maximum absolute atomic E-state index is 13.1. The molecule has 0 aliphatic heterocycles. The van der Waals surface area contributed by atoms with Crippen LogP contribution in [0.2, 0.25) is 0 Å². The Morgan fingerprint density at radius 2 is 1.94 bits per heavy atom. The van der Waals surface area contributed by atoms with E-state index in [0.717, 1.165) is 28.2 Å². The van der Waals surface area contributed by atoms with Gasteiger partial charge in [-0.05, 0) is 44.0 Å². The van der Waals surface area contributed by atoms with E-state index < -0.39 is 6.10 Å². The van der Waals surface area contributed by atoms with Gasteiger partial charge in [0.25, 0.3) is 0 Å². The lowest BCUT2D eigenvalue weighted by Gasteiger charge is -2.11. The molecular formula is C15H17FO2. The summed E-state index contributed by atoms with van der Waals surface area (Å²) in [5.74, 6) is 1.27. The summed E-state index contributed by atoms with van der Waals surface area (Å²) in [6.07, 6.45) is -0.275. The van der Waals surface area contributed by atoms with E-state index in [-0.39, 0.29) is 5.82 Å². The van der Waals surface area contributed by atoms with Crippen LogP contribution in [0.1, 0.15) is 34.3 Å². The molecule has 2 nitrogen and oxygen atoms in total. The Hall–Kier alpha value is -1.61. The summed E-state index contributed by atoms with van der Waals surface area (Å²) in [6.45, 7) is 5.64. The summed E-state index contributed by atoms with van der Waals surface area (Å²) in [5.41, 5.74) is 2.56. The molecule has 0 amide bonds. The fraction of sp³-hybridized carbons (Fsp3) is 0.333. The summed E-state index contributed by atoms with van der Waals surface area (Å²) >= 11 is 0. The summed E-state index contributed by atoms with van der Waals surface area (Å²) in [4.78, 5) is 0. The molecule has 1 atom stereocenters. The quantitative estimate of drug-likeness (QED) is 0.900. The number of hydrogen-bond acceptors (Lipinski definition) is 2. The molecule has 0 bridgehead atoms. The van der Waals surface area contributed by atoms with Gasteiger partial charge in [-0.15, -0.1) is 0 Å². The van der Waals surface area contributed by atoms with Crippen molar-refractivity contribution in [3.8, 4) is 0 Å². The molecular weight excluding hydrogens is 231 g/mol. The van der Waals surface area contributed by atoms with Crippen molar-refractivity contribution >= 4 is 0 Å². The van der Waals surface area contributed by atoms with E-state index in [1.165, 1.54) is 12.1 Å². The molecule has 0 saturated carbocycles. The van der Waals surface area contributed by atoms with Gasteiger partial charge in [0.1, 0.15) is 17.3 Å². The van der Waals surface area contributed by atoms with Gasteiger partial charge in [0, 0.05) is 12.0 Å². The van der Waals surface area contributed by atoms with Crippen LogP contribution in [-0.2, 0) is 6.42 Å². The first-order valence-corrected chi connectivity index (χ1v) is 5.98. The van der Waals surface area contributed by atoms with Gasteiger partial charge in [-0.1, -0.05) is 12.1 Å². The molecule has 0 fully saturated rings. The first-order chi connectivity index (χ1) is 8.49. The van der Waals surface area contributed by atoms with Gasteiger partial charge in [-0.25, -0.2) is 4.39 Å². The molecule has 18 heavy (non-hydrogen) atoms. The maximum atomic E-state index is 13.1. The smallest absolute Gasteiger partial charge is 0.123 e. The highest BCUT2D eigenvalue weighted by molar-refractivity contribution is 5.34. The van der Waals surface area contributed by atoms with E-state index >= 15 is 0 Å². The Balaban J connectivity index is 2.24. The molecule has 1 aromatic heterocycles. The van der Waals surface area contributed by atoms with E-state index in [1.54, 1.807) is 6.07 Å². The zero-order chi connectivity index (χ0) is 13.3. The van der Waals surface area contributed by atoms with Gasteiger partial charge < -0.3 is 9.52 Å². The van der Waals surface area contributed by atoms with Crippen molar-refractivity contribution in [2.75, 3.05) is 0 Å². The Kier molecular flexibility index (Phi) is 3.53. The first kappa shape index (κ1) is 12.8. The predicted molar refractivity (Wildman–Crippen MR) is 68.0 cm³/mol. The minimum absolute atomic E-state index is 0.281. The number of furan rings is 1. The lowest BCUT2D eigenvalue weighted by Crippen LogP contribution is -2.04. The second-order valence-electron chi connectivity index (χ2n) is 4.60. The van der Waals surface area contributed by atoms with E-state index in [2.05, 4.69) is 0 Å².